The summed E-state index contributed by atoms with van der Waals surface area (Å²) in [6.45, 7) is 4.55. The van der Waals surface area contributed by atoms with Crippen LogP contribution in [0.4, 0.5) is 0 Å². The first-order valence-electron chi connectivity index (χ1n) is 6.19. The zero-order chi connectivity index (χ0) is 13.8. The lowest BCUT2D eigenvalue weighted by Crippen LogP contribution is -2.34. The van der Waals surface area contributed by atoms with Gasteiger partial charge in [-0.25, -0.2) is 0 Å². The van der Waals surface area contributed by atoms with E-state index >= 15 is 0 Å². The Morgan fingerprint density at radius 3 is 2.89 bits per heavy atom. The van der Waals surface area contributed by atoms with E-state index in [1.807, 2.05) is 24.3 Å². The van der Waals surface area contributed by atoms with Gasteiger partial charge in [-0.05, 0) is 19.9 Å². The van der Waals surface area contributed by atoms with Gasteiger partial charge in [0.15, 0.2) is 0 Å². The highest BCUT2D eigenvalue weighted by Crippen LogP contribution is 2.34. The third-order valence-electron chi connectivity index (χ3n) is 2.81. The number of esters is 1. The van der Waals surface area contributed by atoms with Gasteiger partial charge in [0.25, 0.3) is 0 Å². The molecule has 1 aromatic heterocycles. The van der Waals surface area contributed by atoms with E-state index in [1.54, 1.807) is 25.2 Å². The van der Waals surface area contributed by atoms with Gasteiger partial charge in [0.1, 0.15) is 6.04 Å². The molecule has 2 rings (SSSR count). The minimum absolute atomic E-state index is 0.236. The summed E-state index contributed by atoms with van der Waals surface area (Å²) in [4.78, 5) is 12.5. The normalized spacial score (nSPS) is 12.6. The van der Waals surface area contributed by atoms with Gasteiger partial charge in [0.05, 0.1) is 11.6 Å². The molecule has 0 bridgehead atoms. The summed E-state index contributed by atoms with van der Waals surface area (Å²) in [5, 5.41) is 4.97. The van der Waals surface area contributed by atoms with E-state index in [2.05, 4.69) is 5.32 Å². The highest BCUT2D eigenvalue weighted by atomic mass is 35.5. The molecule has 5 heteroatoms. The molecular formula is C14H16ClNO2S. The monoisotopic (exact) mass is 297 g/mol. The lowest BCUT2D eigenvalue weighted by atomic mass is 10.2. The molecule has 102 valence electrons. The molecule has 0 aliphatic carbocycles. The zero-order valence-electron chi connectivity index (χ0n) is 10.9. The van der Waals surface area contributed by atoms with Crippen molar-refractivity contribution >= 4 is 39.0 Å². The molecule has 1 heterocycles. The van der Waals surface area contributed by atoms with Crippen molar-refractivity contribution in [2.45, 2.75) is 26.4 Å². The largest absolute Gasteiger partial charge is 0.465 e. The van der Waals surface area contributed by atoms with Gasteiger partial charge in [-0.2, -0.15) is 0 Å². The highest BCUT2D eigenvalue weighted by Gasteiger charge is 2.15. The molecule has 1 N–H and O–H groups in total. The molecule has 0 fully saturated rings. The van der Waals surface area contributed by atoms with Crippen molar-refractivity contribution in [2.75, 3.05) is 6.61 Å². The summed E-state index contributed by atoms with van der Waals surface area (Å²) < 4.78 is 6.11. The Hall–Kier alpha value is -1.10. The fraction of sp³-hybridized carbons (Fsp3) is 0.357. The van der Waals surface area contributed by atoms with Crippen LogP contribution in [0, 0.1) is 0 Å². The summed E-state index contributed by atoms with van der Waals surface area (Å²) >= 11 is 7.98. The second kappa shape index (κ2) is 6.37. The van der Waals surface area contributed by atoms with Gasteiger partial charge in [-0.1, -0.05) is 29.8 Å². The van der Waals surface area contributed by atoms with Crippen LogP contribution in [-0.4, -0.2) is 18.6 Å². The van der Waals surface area contributed by atoms with Crippen LogP contribution in [-0.2, 0) is 16.1 Å². The number of benzene rings is 1. The average Bonchev–Trinajstić information content (AvgIpc) is 2.73. The SMILES string of the molecule is CCOC(=O)C(C)NCc1sc2ccccc2c1Cl. The van der Waals surface area contributed by atoms with E-state index in [0.29, 0.717) is 13.2 Å². The second-order valence-electron chi connectivity index (χ2n) is 4.19. The summed E-state index contributed by atoms with van der Waals surface area (Å²) in [5.41, 5.74) is 0. The van der Waals surface area contributed by atoms with Crippen LogP contribution >= 0.6 is 22.9 Å². The van der Waals surface area contributed by atoms with Crippen LogP contribution in [0.2, 0.25) is 5.02 Å². The molecule has 1 unspecified atom stereocenters. The quantitative estimate of drug-likeness (QED) is 0.857. The van der Waals surface area contributed by atoms with Gasteiger partial charge >= 0.3 is 5.97 Å². The smallest absolute Gasteiger partial charge is 0.322 e. The summed E-state index contributed by atoms with van der Waals surface area (Å²) in [6.07, 6.45) is 0. The topological polar surface area (TPSA) is 38.3 Å². The molecule has 0 saturated heterocycles. The maximum absolute atomic E-state index is 11.5. The van der Waals surface area contributed by atoms with Crippen LogP contribution in [0.25, 0.3) is 10.1 Å². The van der Waals surface area contributed by atoms with E-state index in [9.17, 15) is 4.79 Å². The number of hydrogen-bond acceptors (Lipinski definition) is 4. The van der Waals surface area contributed by atoms with Gasteiger partial charge in [0, 0.05) is 21.5 Å². The molecule has 1 atom stereocenters. The second-order valence-corrected chi connectivity index (χ2v) is 5.70. The van der Waals surface area contributed by atoms with E-state index in [1.165, 1.54) is 0 Å². The van der Waals surface area contributed by atoms with Gasteiger partial charge in [-0.15, -0.1) is 11.3 Å². The lowest BCUT2D eigenvalue weighted by molar-refractivity contribution is -0.145. The van der Waals surface area contributed by atoms with Crippen molar-refractivity contribution in [3.8, 4) is 0 Å². The van der Waals surface area contributed by atoms with Gasteiger partial charge < -0.3 is 4.74 Å². The minimum atomic E-state index is -0.332. The highest BCUT2D eigenvalue weighted by molar-refractivity contribution is 7.19. The van der Waals surface area contributed by atoms with E-state index in [0.717, 1.165) is 20.0 Å². The first-order chi connectivity index (χ1) is 9.13. The molecule has 3 nitrogen and oxygen atoms in total. The fourth-order valence-electron chi connectivity index (χ4n) is 1.77. The fourth-order valence-corrected chi connectivity index (χ4v) is 3.23. The third-order valence-corrected chi connectivity index (χ3v) is 4.52. The molecule has 0 saturated carbocycles. The van der Waals surface area contributed by atoms with Crippen molar-refractivity contribution in [1.82, 2.24) is 5.32 Å². The molecular weight excluding hydrogens is 282 g/mol. The number of rotatable bonds is 5. The van der Waals surface area contributed by atoms with Crippen molar-refractivity contribution < 1.29 is 9.53 Å². The molecule has 1 aromatic carbocycles. The standard InChI is InChI=1S/C14H16ClNO2S/c1-3-18-14(17)9(2)16-8-12-13(15)10-6-4-5-7-11(10)19-12/h4-7,9,16H,3,8H2,1-2H3. The van der Waals surface area contributed by atoms with E-state index in [-0.39, 0.29) is 12.0 Å². The first kappa shape index (κ1) is 14.3. The first-order valence-corrected chi connectivity index (χ1v) is 7.38. The molecule has 0 aliphatic heterocycles. The van der Waals surface area contributed by atoms with Gasteiger partial charge in [-0.3, -0.25) is 10.1 Å². The number of fused-ring (bicyclic) bond motifs is 1. The Morgan fingerprint density at radius 1 is 1.47 bits per heavy atom. The number of thiophene rings is 1. The van der Waals surface area contributed by atoms with Crippen LogP contribution in [0.3, 0.4) is 0 Å². The molecule has 0 amide bonds. The molecule has 0 radical (unpaired) electrons. The van der Waals surface area contributed by atoms with Crippen LogP contribution in [0.15, 0.2) is 24.3 Å². The van der Waals surface area contributed by atoms with Crippen LogP contribution in [0.5, 0.6) is 0 Å². The third kappa shape index (κ3) is 3.26. The van der Waals surface area contributed by atoms with Crippen molar-refractivity contribution in [3.05, 3.63) is 34.2 Å². The zero-order valence-corrected chi connectivity index (χ0v) is 12.5. The Kier molecular flexibility index (Phi) is 4.80. The number of hydrogen-bond donors (Lipinski definition) is 1. The Labute approximate surface area is 121 Å². The Balaban J connectivity index is 2.06. The maximum atomic E-state index is 11.5. The molecule has 0 spiro atoms. The maximum Gasteiger partial charge on any atom is 0.322 e. The van der Waals surface area contributed by atoms with Crippen molar-refractivity contribution in [2.24, 2.45) is 0 Å². The number of ether oxygens (including phenoxy) is 1. The van der Waals surface area contributed by atoms with E-state index in [4.69, 9.17) is 16.3 Å². The van der Waals surface area contributed by atoms with Crippen molar-refractivity contribution in [1.29, 1.82) is 0 Å². The Bertz CT molecular complexity index is 582. The molecule has 2 aromatic rings. The van der Waals surface area contributed by atoms with Gasteiger partial charge in [0.2, 0.25) is 0 Å². The van der Waals surface area contributed by atoms with Crippen molar-refractivity contribution in [3.63, 3.8) is 0 Å². The number of nitrogens with one attached hydrogen (secondary N) is 1. The lowest BCUT2D eigenvalue weighted by Gasteiger charge is -2.11. The van der Waals surface area contributed by atoms with E-state index < -0.39 is 0 Å². The number of carbonyl (C=O) groups excluding carboxylic acids is 1. The molecule has 19 heavy (non-hydrogen) atoms. The predicted octanol–water partition coefficient (Wildman–Crippen LogP) is 3.60. The summed E-state index contributed by atoms with van der Waals surface area (Å²) in [6, 6.07) is 7.69. The number of halogens is 1. The van der Waals surface area contributed by atoms with Crippen LogP contribution < -0.4 is 5.32 Å². The van der Waals surface area contributed by atoms with Crippen LogP contribution in [0.1, 0.15) is 18.7 Å². The molecule has 0 aliphatic rings. The summed E-state index contributed by atoms with van der Waals surface area (Å²) in [7, 11) is 0. The minimum Gasteiger partial charge on any atom is -0.465 e. The Morgan fingerprint density at radius 2 is 2.21 bits per heavy atom. The number of carbonyl (C=O) groups is 1. The predicted molar refractivity (Wildman–Crippen MR) is 79.8 cm³/mol. The average molecular weight is 298 g/mol. The summed E-state index contributed by atoms with van der Waals surface area (Å²) in [5.74, 6) is -0.236.